The molecule has 122 valence electrons. The molecular formula is C16H24N2O4. The lowest BCUT2D eigenvalue weighted by molar-refractivity contribution is -0.123. The third-order valence-electron chi connectivity index (χ3n) is 3.30. The summed E-state index contributed by atoms with van der Waals surface area (Å²) in [7, 11) is 3.54. The maximum atomic E-state index is 11.9. The Bertz CT molecular complexity index is 507. The Morgan fingerprint density at radius 1 is 1.36 bits per heavy atom. The summed E-state index contributed by atoms with van der Waals surface area (Å²) in [5.74, 6) is 1.55. The van der Waals surface area contributed by atoms with Gasteiger partial charge < -0.3 is 19.5 Å². The maximum Gasteiger partial charge on any atom is 0.234 e. The fourth-order valence-electron chi connectivity index (χ4n) is 2.41. The molecule has 1 aliphatic rings. The van der Waals surface area contributed by atoms with E-state index in [0.717, 1.165) is 17.1 Å². The first-order chi connectivity index (χ1) is 10.6. The second-order valence-corrected chi connectivity index (χ2v) is 5.57. The van der Waals surface area contributed by atoms with Gasteiger partial charge in [0.1, 0.15) is 13.2 Å². The number of fused-ring (bicyclic) bond motifs is 1. The predicted octanol–water partition coefficient (Wildman–Crippen LogP) is 1.04. The number of ether oxygens (including phenoxy) is 3. The van der Waals surface area contributed by atoms with E-state index in [2.05, 4.69) is 5.32 Å². The number of amides is 1. The number of hydrogen-bond donors (Lipinski definition) is 1. The van der Waals surface area contributed by atoms with Gasteiger partial charge in [-0.05, 0) is 31.7 Å². The molecule has 1 heterocycles. The van der Waals surface area contributed by atoms with Crippen LogP contribution < -0.4 is 14.8 Å². The average molecular weight is 308 g/mol. The monoisotopic (exact) mass is 308 g/mol. The summed E-state index contributed by atoms with van der Waals surface area (Å²) in [4.78, 5) is 13.9. The summed E-state index contributed by atoms with van der Waals surface area (Å²) in [6.45, 7) is 4.60. The van der Waals surface area contributed by atoms with Gasteiger partial charge in [0.25, 0.3) is 0 Å². The van der Waals surface area contributed by atoms with Crippen LogP contribution in [0.4, 0.5) is 0 Å². The molecule has 1 amide bonds. The molecule has 0 radical (unpaired) electrons. The smallest absolute Gasteiger partial charge is 0.234 e. The van der Waals surface area contributed by atoms with Gasteiger partial charge in [0.15, 0.2) is 11.5 Å². The summed E-state index contributed by atoms with van der Waals surface area (Å²) in [6, 6.07) is 5.89. The van der Waals surface area contributed by atoms with Gasteiger partial charge >= 0.3 is 0 Å². The molecule has 6 heteroatoms. The number of carbonyl (C=O) groups is 1. The van der Waals surface area contributed by atoms with Crippen LogP contribution >= 0.6 is 0 Å². The lowest BCUT2D eigenvalue weighted by atomic mass is 10.2. The first kappa shape index (κ1) is 16.6. The molecule has 2 rings (SSSR count). The van der Waals surface area contributed by atoms with Crippen molar-refractivity contribution in [2.75, 3.05) is 40.5 Å². The number of nitrogens with one attached hydrogen (secondary N) is 1. The molecule has 6 nitrogen and oxygen atoms in total. The van der Waals surface area contributed by atoms with E-state index in [1.807, 2.05) is 37.1 Å². The van der Waals surface area contributed by atoms with Crippen LogP contribution in [0.25, 0.3) is 0 Å². The Kier molecular flexibility index (Phi) is 6.03. The average Bonchev–Trinajstić information content (AvgIpc) is 2.46. The zero-order valence-electron chi connectivity index (χ0n) is 13.4. The Hall–Kier alpha value is -1.79. The summed E-state index contributed by atoms with van der Waals surface area (Å²) < 4.78 is 16.1. The zero-order chi connectivity index (χ0) is 15.9. The fourth-order valence-corrected chi connectivity index (χ4v) is 2.41. The van der Waals surface area contributed by atoms with Crippen LogP contribution in [0.1, 0.15) is 12.5 Å². The molecule has 0 bridgehead atoms. The van der Waals surface area contributed by atoms with E-state index in [-0.39, 0.29) is 11.9 Å². The van der Waals surface area contributed by atoms with Crippen LogP contribution in [0.3, 0.4) is 0 Å². The zero-order valence-corrected chi connectivity index (χ0v) is 13.4. The molecule has 0 saturated carbocycles. The number of nitrogens with zero attached hydrogens (tertiary/aromatic N) is 1. The van der Waals surface area contributed by atoms with Crippen molar-refractivity contribution in [2.24, 2.45) is 0 Å². The first-order valence-electron chi connectivity index (χ1n) is 7.44. The van der Waals surface area contributed by atoms with Gasteiger partial charge in [-0.25, -0.2) is 0 Å². The third-order valence-corrected chi connectivity index (χ3v) is 3.30. The topological polar surface area (TPSA) is 60.0 Å². The van der Waals surface area contributed by atoms with Crippen molar-refractivity contribution >= 4 is 5.91 Å². The molecule has 1 aliphatic heterocycles. The van der Waals surface area contributed by atoms with Gasteiger partial charge in [-0.2, -0.15) is 0 Å². The van der Waals surface area contributed by atoms with Crippen LogP contribution in [0.5, 0.6) is 11.5 Å². The van der Waals surface area contributed by atoms with E-state index in [0.29, 0.717) is 32.9 Å². The largest absolute Gasteiger partial charge is 0.486 e. The van der Waals surface area contributed by atoms with Crippen LogP contribution in [-0.4, -0.2) is 57.4 Å². The second-order valence-electron chi connectivity index (χ2n) is 5.57. The Labute approximate surface area is 131 Å². The predicted molar refractivity (Wildman–Crippen MR) is 83.2 cm³/mol. The Balaban J connectivity index is 1.84. The second kappa shape index (κ2) is 8.00. The van der Waals surface area contributed by atoms with Crippen molar-refractivity contribution in [3.05, 3.63) is 23.8 Å². The number of hydrogen-bond acceptors (Lipinski definition) is 5. The van der Waals surface area contributed by atoms with E-state index in [1.165, 1.54) is 0 Å². The normalized spacial score (nSPS) is 14.7. The minimum absolute atomic E-state index is 0.00964. The Morgan fingerprint density at radius 3 is 2.82 bits per heavy atom. The number of likely N-dealkylation sites (N-methyl/N-ethyl adjacent to an activating group) is 1. The number of methoxy groups -OCH3 is 1. The third kappa shape index (κ3) is 4.89. The molecule has 1 atom stereocenters. The van der Waals surface area contributed by atoms with Crippen molar-refractivity contribution in [3.8, 4) is 11.5 Å². The Morgan fingerprint density at radius 2 is 2.09 bits per heavy atom. The summed E-state index contributed by atoms with van der Waals surface area (Å²) in [6.07, 6.45) is 0. The number of rotatable bonds is 7. The highest BCUT2D eigenvalue weighted by molar-refractivity contribution is 5.78. The lowest BCUT2D eigenvalue weighted by Crippen LogP contribution is -2.41. The van der Waals surface area contributed by atoms with E-state index in [4.69, 9.17) is 14.2 Å². The quantitative estimate of drug-likeness (QED) is 0.815. The standard InChI is InChI=1S/C16H24N2O4/c1-12(11-20-3)17-16(19)10-18(2)9-13-4-5-14-15(8-13)22-7-6-21-14/h4-5,8,12H,6-7,9-11H2,1-3H3,(H,17,19). The van der Waals surface area contributed by atoms with Crippen molar-refractivity contribution in [1.29, 1.82) is 0 Å². The molecule has 0 fully saturated rings. The molecule has 0 saturated heterocycles. The van der Waals surface area contributed by atoms with Crippen molar-refractivity contribution in [2.45, 2.75) is 19.5 Å². The van der Waals surface area contributed by atoms with Crippen LogP contribution in [0.15, 0.2) is 18.2 Å². The highest BCUT2D eigenvalue weighted by atomic mass is 16.6. The van der Waals surface area contributed by atoms with E-state index in [1.54, 1.807) is 7.11 Å². The molecule has 1 aromatic rings. The molecule has 1 aromatic carbocycles. The SMILES string of the molecule is COCC(C)NC(=O)CN(C)Cc1ccc2c(c1)OCCO2. The number of carbonyl (C=O) groups excluding carboxylic acids is 1. The fraction of sp³-hybridized carbons (Fsp3) is 0.562. The molecular weight excluding hydrogens is 284 g/mol. The number of benzene rings is 1. The van der Waals surface area contributed by atoms with Gasteiger partial charge in [-0.3, -0.25) is 9.69 Å². The van der Waals surface area contributed by atoms with Crippen LogP contribution in [0, 0.1) is 0 Å². The highest BCUT2D eigenvalue weighted by Crippen LogP contribution is 2.30. The van der Waals surface area contributed by atoms with Gasteiger partial charge in [0.05, 0.1) is 13.2 Å². The van der Waals surface area contributed by atoms with Gasteiger partial charge in [-0.1, -0.05) is 6.07 Å². The summed E-state index contributed by atoms with van der Waals surface area (Å²) in [5.41, 5.74) is 1.09. The molecule has 0 spiro atoms. The van der Waals surface area contributed by atoms with Crippen molar-refractivity contribution < 1.29 is 19.0 Å². The van der Waals surface area contributed by atoms with Gasteiger partial charge in [-0.15, -0.1) is 0 Å². The first-order valence-corrected chi connectivity index (χ1v) is 7.44. The van der Waals surface area contributed by atoms with Crippen LogP contribution in [-0.2, 0) is 16.1 Å². The van der Waals surface area contributed by atoms with E-state index >= 15 is 0 Å². The molecule has 22 heavy (non-hydrogen) atoms. The van der Waals surface area contributed by atoms with Gasteiger partial charge in [0, 0.05) is 19.7 Å². The van der Waals surface area contributed by atoms with E-state index in [9.17, 15) is 4.79 Å². The van der Waals surface area contributed by atoms with Crippen molar-refractivity contribution in [1.82, 2.24) is 10.2 Å². The molecule has 0 aliphatic carbocycles. The minimum atomic E-state index is -0.00964. The van der Waals surface area contributed by atoms with E-state index < -0.39 is 0 Å². The lowest BCUT2D eigenvalue weighted by Gasteiger charge is -2.21. The van der Waals surface area contributed by atoms with Crippen LogP contribution in [0.2, 0.25) is 0 Å². The van der Waals surface area contributed by atoms with Gasteiger partial charge in [0.2, 0.25) is 5.91 Å². The maximum absolute atomic E-state index is 11.9. The summed E-state index contributed by atoms with van der Waals surface area (Å²) in [5, 5.41) is 2.90. The minimum Gasteiger partial charge on any atom is -0.486 e. The van der Waals surface area contributed by atoms with Crippen molar-refractivity contribution in [3.63, 3.8) is 0 Å². The highest BCUT2D eigenvalue weighted by Gasteiger charge is 2.14. The molecule has 1 unspecified atom stereocenters. The summed E-state index contributed by atoms with van der Waals surface area (Å²) >= 11 is 0. The molecule has 1 N–H and O–H groups in total. The molecule has 0 aromatic heterocycles.